The summed E-state index contributed by atoms with van der Waals surface area (Å²) in [5, 5.41) is 0. The molecule has 1 aliphatic carbocycles. The monoisotopic (exact) mass is 506 g/mol. The molecule has 2 rings (SSSR count). The van der Waals surface area contributed by atoms with E-state index in [0.29, 0.717) is 17.0 Å². The van der Waals surface area contributed by atoms with E-state index in [1.807, 2.05) is 4.44 Å². The van der Waals surface area contributed by atoms with Gasteiger partial charge in [0.25, 0.3) is 0 Å². The maximum Gasteiger partial charge on any atom is -1.00 e. The molecule has 0 aromatic carbocycles. The first-order valence-corrected chi connectivity index (χ1v) is 18.8. The maximum atomic E-state index is 2.56. The van der Waals surface area contributed by atoms with Crippen molar-refractivity contribution in [1.82, 2.24) is 0 Å². The van der Waals surface area contributed by atoms with Gasteiger partial charge in [0.1, 0.15) is 0 Å². The van der Waals surface area contributed by atoms with Crippen molar-refractivity contribution in [1.29, 1.82) is 0 Å². The molecule has 68 valence electrons. The van der Waals surface area contributed by atoms with E-state index in [0.717, 1.165) is 0 Å². The van der Waals surface area contributed by atoms with Crippen LogP contribution in [0.1, 0.15) is 6.42 Å². The van der Waals surface area contributed by atoms with Crippen LogP contribution in [-0.4, -0.2) is 35.6 Å². The van der Waals surface area contributed by atoms with Gasteiger partial charge in [0.05, 0.1) is 0 Å². The van der Waals surface area contributed by atoms with Crippen LogP contribution in [0.5, 0.6) is 0 Å². The van der Waals surface area contributed by atoms with Crippen molar-refractivity contribution < 1.29 is 48.0 Å². The summed E-state index contributed by atoms with van der Waals surface area (Å²) in [6.07, 6.45) is 10.7. The molecule has 0 spiro atoms. The zero-order valence-corrected chi connectivity index (χ0v) is 16.2. The zero-order chi connectivity index (χ0) is 7.52. The predicted octanol–water partition coefficient (Wildman–Crippen LogP) is -5.37. The summed E-state index contributed by atoms with van der Waals surface area (Å²) >= 11 is 0.291. The zero-order valence-electron chi connectivity index (χ0n) is 6.80. The average Bonchev–Trinajstić information content (AvgIpc) is 2.60. The second kappa shape index (κ2) is 8.35. The van der Waals surface area contributed by atoms with Gasteiger partial charge in [0, 0.05) is 0 Å². The van der Waals surface area contributed by atoms with Gasteiger partial charge >= 0.3 is 96.9 Å². The molecule has 0 aromatic heterocycles. The van der Waals surface area contributed by atoms with Crippen LogP contribution in [0.25, 0.3) is 0 Å². The van der Waals surface area contributed by atoms with E-state index < -0.39 is 0 Å². The van der Waals surface area contributed by atoms with Gasteiger partial charge in [-0.05, 0) is 0 Å². The fourth-order valence-electron chi connectivity index (χ4n) is 1.03. The Morgan fingerprint density at radius 3 is 2.77 bits per heavy atom. The van der Waals surface area contributed by atoms with Crippen LogP contribution in [0.4, 0.5) is 0 Å². The fraction of sp³-hybridized carbons (Fsp3) is 0.125. The van der Waals surface area contributed by atoms with Crippen molar-refractivity contribution in [2.45, 2.75) is 6.42 Å². The molecule has 0 aromatic rings. The summed E-state index contributed by atoms with van der Waals surface area (Å²) in [6, 6.07) is 0. The molecule has 1 heterocycles. The Labute approximate surface area is 119 Å². The van der Waals surface area contributed by atoms with Crippen molar-refractivity contribution in [3.63, 3.8) is 0 Å². The van der Waals surface area contributed by atoms with Crippen LogP contribution < -0.4 is 24.8 Å². The molecule has 0 atom stereocenters. The van der Waals surface area contributed by atoms with Gasteiger partial charge in [-0.25, -0.2) is 0 Å². The van der Waals surface area contributed by atoms with Crippen molar-refractivity contribution in [2.24, 2.45) is 0 Å². The number of hydrogen-bond acceptors (Lipinski definition) is 0. The van der Waals surface area contributed by atoms with Crippen LogP contribution in [0, 0.1) is 0 Å². The van der Waals surface area contributed by atoms with Crippen LogP contribution >= 0.6 is 0 Å². The van der Waals surface area contributed by atoms with Gasteiger partial charge in [-0.3, -0.25) is 0 Å². The molecular weight excluding hydrogens is 502 g/mol. The van der Waals surface area contributed by atoms with Crippen molar-refractivity contribution >= 4 is 35.6 Å². The van der Waals surface area contributed by atoms with E-state index >= 15 is 0 Å². The van der Waals surface area contributed by atoms with Gasteiger partial charge in [0.15, 0.2) is 0 Å². The van der Waals surface area contributed by atoms with Crippen molar-refractivity contribution in [3.05, 3.63) is 31.6 Å². The summed E-state index contributed by atoms with van der Waals surface area (Å²) in [7, 11) is 0. The largest absolute Gasteiger partial charge is 1.00 e. The van der Waals surface area contributed by atoms with E-state index in [1.165, 1.54) is 6.42 Å². The molecule has 0 radical (unpaired) electrons. The smallest absolute Gasteiger partial charge is 1.00 e. The standard InChI is InChI=1S/C5H5.C3H2.2ClH.2Sb.Zr.H/c1-2-4-5-3-1;1-3-2;;;;;;/h1-3H,4H2;1,3H;2*1H;;;;/q;;;;;;+2;/p-2. The molecule has 13 heavy (non-hydrogen) atoms. The van der Waals surface area contributed by atoms with E-state index in [2.05, 4.69) is 28.3 Å². The second-order valence-electron chi connectivity index (χ2n) is 2.41. The molecule has 0 fully saturated rings. The number of allylic oxidation sites excluding steroid dienone is 5. The molecule has 1 aliphatic heterocycles. The molecule has 0 unspecified atom stereocenters. The average molecular weight is 510 g/mol. The molecule has 2 aliphatic rings. The summed E-state index contributed by atoms with van der Waals surface area (Å²) < 4.78 is 6.37. The van der Waals surface area contributed by atoms with E-state index in [-0.39, 0.29) is 65.5 Å². The maximum absolute atomic E-state index is 2.56. The molecule has 0 nitrogen and oxygen atoms in total. The Morgan fingerprint density at radius 1 is 1.38 bits per heavy atom. The molecule has 0 saturated heterocycles. The number of halogens is 2. The SMILES string of the molecule is C1=CC[C]([Zr+2][C]2=[Sb][SbH][CH]=C2)=C1.[Cl-].[Cl-]. The number of hydrogen-bond donors (Lipinski definition) is 0. The van der Waals surface area contributed by atoms with Crippen molar-refractivity contribution in [3.8, 4) is 0 Å². The Hall–Kier alpha value is 2.19. The third-order valence-corrected chi connectivity index (χ3v) is 30.9. The first-order chi connectivity index (χ1) is 5.45. The van der Waals surface area contributed by atoms with Crippen molar-refractivity contribution in [2.75, 3.05) is 0 Å². The van der Waals surface area contributed by atoms with Crippen LogP contribution in [0.2, 0.25) is 0 Å². The second-order valence-corrected chi connectivity index (χ2v) is 21.9. The summed E-state index contributed by atoms with van der Waals surface area (Å²) in [4.78, 5) is 0. The van der Waals surface area contributed by atoms with Gasteiger partial charge in [-0.15, -0.1) is 0 Å². The van der Waals surface area contributed by atoms with Gasteiger partial charge in [-0.2, -0.15) is 0 Å². The summed E-state index contributed by atoms with van der Waals surface area (Å²) in [5.74, 6) is 0. The minimum Gasteiger partial charge on any atom is -1.00 e. The Balaban J connectivity index is 0.000000720. The van der Waals surface area contributed by atoms with E-state index in [9.17, 15) is 0 Å². The Morgan fingerprint density at radius 2 is 2.23 bits per heavy atom. The Kier molecular flexibility index (Phi) is 9.76. The van der Waals surface area contributed by atoms with E-state index in [1.54, 1.807) is 0 Å². The first kappa shape index (κ1) is 15.2. The van der Waals surface area contributed by atoms with Gasteiger partial charge < -0.3 is 24.8 Å². The summed E-state index contributed by atoms with van der Waals surface area (Å²) in [5.41, 5.74) is 0. The molecule has 0 bridgehead atoms. The normalized spacial score (nSPS) is 16.9. The first-order valence-electron chi connectivity index (χ1n) is 3.58. The van der Waals surface area contributed by atoms with Crippen LogP contribution in [0.15, 0.2) is 31.6 Å². The van der Waals surface area contributed by atoms with E-state index in [4.69, 9.17) is 0 Å². The Bertz CT molecular complexity index is 282. The van der Waals surface area contributed by atoms with Gasteiger partial charge in [-0.1, -0.05) is 0 Å². The minimum absolute atomic E-state index is 0. The number of rotatable bonds is 2. The topological polar surface area (TPSA) is 0 Å². The molecular formula is C8H8Cl2Sb2Zr. The summed E-state index contributed by atoms with van der Waals surface area (Å²) in [6.45, 7) is 0. The predicted molar refractivity (Wildman–Crippen MR) is 48.9 cm³/mol. The fourth-order valence-corrected chi connectivity index (χ4v) is 31.2. The molecule has 0 N–H and O–H groups in total. The molecule has 0 amide bonds. The quantitative estimate of drug-likeness (QED) is 0.326. The molecule has 0 saturated carbocycles. The van der Waals surface area contributed by atoms with Crippen LogP contribution in [-0.2, 0) is 23.2 Å². The third-order valence-electron chi connectivity index (χ3n) is 1.56. The molecule has 5 heteroatoms. The minimum atomic E-state index is -0.171. The van der Waals surface area contributed by atoms with Gasteiger partial charge in [0.2, 0.25) is 0 Å². The van der Waals surface area contributed by atoms with Crippen LogP contribution in [0.3, 0.4) is 0 Å². The third kappa shape index (κ3) is 5.17.